The molecule has 1 fully saturated rings. The summed E-state index contributed by atoms with van der Waals surface area (Å²) < 4.78 is 0.907. The van der Waals surface area contributed by atoms with Crippen molar-refractivity contribution in [2.24, 2.45) is 0 Å². The Balaban J connectivity index is 1.55. The minimum absolute atomic E-state index is 0.0376. The summed E-state index contributed by atoms with van der Waals surface area (Å²) in [4.78, 5) is 14.2. The Morgan fingerprint density at radius 3 is 2.90 bits per heavy atom. The number of aryl methyl sites for hydroxylation is 1. The average molecular weight is 353 g/mol. The Morgan fingerprint density at radius 2 is 2.25 bits per heavy atom. The number of halogens is 1. The Bertz CT molecular complexity index is 639. The van der Waals surface area contributed by atoms with Crippen LogP contribution in [0.2, 0.25) is 0 Å². The van der Waals surface area contributed by atoms with E-state index < -0.39 is 0 Å². The molecule has 2 heterocycles. The van der Waals surface area contributed by atoms with E-state index in [1.54, 1.807) is 11.3 Å². The highest BCUT2D eigenvalue weighted by molar-refractivity contribution is 9.10. The van der Waals surface area contributed by atoms with E-state index in [2.05, 4.69) is 36.3 Å². The van der Waals surface area contributed by atoms with Gasteiger partial charge < -0.3 is 10.2 Å². The molecule has 0 bridgehead atoms. The van der Waals surface area contributed by atoms with Gasteiger partial charge in [-0.05, 0) is 25.1 Å². The molecule has 1 aliphatic rings. The van der Waals surface area contributed by atoms with Gasteiger partial charge in [0.05, 0.1) is 6.04 Å². The molecule has 0 atom stereocenters. The predicted octanol–water partition coefficient (Wildman–Crippen LogP) is 2.23. The first-order valence-corrected chi connectivity index (χ1v) is 7.84. The summed E-state index contributed by atoms with van der Waals surface area (Å²) in [6.07, 6.45) is 0. The van der Waals surface area contributed by atoms with E-state index in [1.807, 2.05) is 31.2 Å². The molecule has 0 unspecified atom stereocenters. The van der Waals surface area contributed by atoms with Crippen molar-refractivity contribution in [2.75, 3.05) is 18.0 Å². The Hall–Kier alpha value is -1.47. The maximum absolute atomic E-state index is 12.1. The lowest BCUT2D eigenvalue weighted by atomic mass is 10.1. The van der Waals surface area contributed by atoms with Crippen molar-refractivity contribution in [2.45, 2.75) is 13.0 Å². The van der Waals surface area contributed by atoms with Gasteiger partial charge in [0.1, 0.15) is 5.01 Å². The predicted molar refractivity (Wildman–Crippen MR) is 82.3 cm³/mol. The number of aromatic nitrogens is 2. The van der Waals surface area contributed by atoms with Crippen molar-refractivity contribution in [1.82, 2.24) is 15.5 Å². The van der Waals surface area contributed by atoms with Crippen LogP contribution in [0.15, 0.2) is 28.7 Å². The maximum atomic E-state index is 12.1. The molecule has 1 aliphatic heterocycles. The van der Waals surface area contributed by atoms with E-state index >= 15 is 0 Å². The molecule has 0 radical (unpaired) electrons. The molecule has 5 nitrogen and oxygen atoms in total. The zero-order chi connectivity index (χ0) is 14.1. The zero-order valence-corrected chi connectivity index (χ0v) is 13.2. The highest BCUT2D eigenvalue weighted by Crippen LogP contribution is 2.24. The number of carbonyl (C=O) groups excluding carboxylic acids is 1. The number of hydrogen-bond acceptors (Lipinski definition) is 5. The van der Waals surface area contributed by atoms with Crippen LogP contribution in [0.5, 0.6) is 0 Å². The number of nitrogens with zero attached hydrogens (tertiary/aromatic N) is 3. The van der Waals surface area contributed by atoms with E-state index in [4.69, 9.17) is 0 Å². The van der Waals surface area contributed by atoms with Crippen molar-refractivity contribution < 1.29 is 4.79 Å². The van der Waals surface area contributed by atoms with Gasteiger partial charge in [0.25, 0.3) is 5.91 Å². The number of carbonyl (C=O) groups is 1. The smallest absolute Gasteiger partial charge is 0.251 e. The molecule has 1 saturated heterocycles. The Morgan fingerprint density at radius 1 is 1.45 bits per heavy atom. The lowest BCUT2D eigenvalue weighted by molar-refractivity contribution is 0.0930. The molecule has 0 saturated carbocycles. The summed E-state index contributed by atoms with van der Waals surface area (Å²) in [5, 5.41) is 13.0. The van der Waals surface area contributed by atoms with Crippen LogP contribution in [0.3, 0.4) is 0 Å². The third-order valence-electron chi connectivity index (χ3n) is 3.09. The van der Waals surface area contributed by atoms with Gasteiger partial charge in [-0.25, -0.2) is 0 Å². The van der Waals surface area contributed by atoms with Crippen molar-refractivity contribution in [3.8, 4) is 0 Å². The molecule has 1 amide bonds. The van der Waals surface area contributed by atoms with Gasteiger partial charge in [-0.3, -0.25) is 4.79 Å². The molecule has 104 valence electrons. The summed E-state index contributed by atoms with van der Waals surface area (Å²) in [6, 6.07) is 7.56. The molecule has 0 spiro atoms. The number of nitrogens with one attached hydrogen (secondary N) is 1. The van der Waals surface area contributed by atoms with E-state index in [9.17, 15) is 4.79 Å². The second-order valence-electron chi connectivity index (χ2n) is 4.69. The molecular formula is C13H13BrN4OS. The van der Waals surface area contributed by atoms with Crippen LogP contribution in [-0.4, -0.2) is 35.2 Å². The fourth-order valence-electron chi connectivity index (χ4n) is 2.04. The van der Waals surface area contributed by atoms with Crippen LogP contribution in [0.25, 0.3) is 0 Å². The van der Waals surface area contributed by atoms with Gasteiger partial charge in [-0.2, -0.15) is 0 Å². The van der Waals surface area contributed by atoms with Crippen molar-refractivity contribution in [3.05, 3.63) is 39.3 Å². The van der Waals surface area contributed by atoms with Gasteiger partial charge in [0, 0.05) is 23.1 Å². The molecule has 1 N–H and O–H groups in total. The van der Waals surface area contributed by atoms with Crippen LogP contribution >= 0.6 is 27.3 Å². The van der Waals surface area contributed by atoms with Crippen LogP contribution in [0, 0.1) is 6.92 Å². The molecule has 0 aliphatic carbocycles. The van der Waals surface area contributed by atoms with Gasteiger partial charge >= 0.3 is 0 Å². The van der Waals surface area contributed by atoms with E-state index in [0.717, 1.165) is 27.7 Å². The lowest BCUT2D eigenvalue weighted by Gasteiger charge is -2.39. The average Bonchev–Trinajstić information content (AvgIpc) is 2.79. The minimum Gasteiger partial charge on any atom is -0.346 e. The Labute approximate surface area is 129 Å². The first kappa shape index (κ1) is 13.5. The first-order valence-electron chi connectivity index (χ1n) is 6.23. The molecule has 1 aromatic carbocycles. The zero-order valence-electron chi connectivity index (χ0n) is 10.8. The van der Waals surface area contributed by atoms with Gasteiger partial charge in [0.15, 0.2) is 0 Å². The van der Waals surface area contributed by atoms with Crippen LogP contribution in [-0.2, 0) is 0 Å². The summed E-state index contributed by atoms with van der Waals surface area (Å²) >= 11 is 4.94. The van der Waals surface area contributed by atoms with E-state index in [1.165, 1.54) is 0 Å². The molecular weight excluding hydrogens is 340 g/mol. The monoisotopic (exact) mass is 352 g/mol. The SMILES string of the molecule is Cc1nnc(N2CC(NC(=O)c3cccc(Br)c3)C2)s1. The number of hydrogen-bond donors (Lipinski definition) is 1. The first-order chi connectivity index (χ1) is 9.61. The quantitative estimate of drug-likeness (QED) is 0.920. The summed E-state index contributed by atoms with van der Waals surface area (Å²) in [5.41, 5.74) is 0.671. The molecule has 7 heteroatoms. The summed E-state index contributed by atoms with van der Waals surface area (Å²) in [6.45, 7) is 3.51. The largest absolute Gasteiger partial charge is 0.346 e. The number of amides is 1. The van der Waals surface area contributed by atoms with Crippen LogP contribution in [0.1, 0.15) is 15.4 Å². The highest BCUT2D eigenvalue weighted by Gasteiger charge is 2.30. The van der Waals surface area contributed by atoms with E-state index in [0.29, 0.717) is 5.56 Å². The Kier molecular flexibility index (Phi) is 3.71. The number of benzene rings is 1. The molecule has 1 aromatic heterocycles. The van der Waals surface area contributed by atoms with Crippen LogP contribution in [0.4, 0.5) is 5.13 Å². The van der Waals surface area contributed by atoms with Crippen molar-refractivity contribution >= 4 is 38.3 Å². The van der Waals surface area contributed by atoms with Crippen molar-refractivity contribution in [1.29, 1.82) is 0 Å². The van der Waals surface area contributed by atoms with Gasteiger partial charge in [-0.15, -0.1) is 10.2 Å². The van der Waals surface area contributed by atoms with Crippen molar-refractivity contribution in [3.63, 3.8) is 0 Å². The lowest BCUT2D eigenvalue weighted by Crippen LogP contribution is -2.59. The van der Waals surface area contributed by atoms with Gasteiger partial charge in [0.2, 0.25) is 5.13 Å². The second-order valence-corrected chi connectivity index (χ2v) is 6.77. The number of rotatable bonds is 3. The second kappa shape index (κ2) is 5.49. The third kappa shape index (κ3) is 2.83. The van der Waals surface area contributed by atoms with Gasteiger partial charge in [-0.1, -0.05) is 33.3 Å². The topological polar surface area (TPSA) is 58.1 Å². The molecule has 3 rings (SSSR count). The molecule has 2 aromatic rings. The normalized spacial score (nSPS) is 15.0. The molecule has 20 heavy (non-hydrogen) atoms. The maximum Gasteiger partial charge on any atom is 0.251 e. The minimum atomic E-state index is -0.0376. The fourth-order valence-corrected chi connectivity index (χ4v) is 3.14. The van der Waals surface area contributed by atoms with Crippen LogP contribution < -0.4 is 10.2 Å². The summed E-state index contributed by atoms with van der Waals surface area (Å²) in [7, 11) is 0. The fraction of sp³-hybridized carbons (Fsp3) is 0.308. The number of anilines is 1. The highest BCUT2D eigenvalue weighted by atomic mass is 79.9. The standard InChI is InChI=1S/C13H13BrN4OS/c1-8-16-17-13(20-8)18-6-11(7-18)15-12(19)9-3-2-4-10(14)5-9/h2-5,11H,6-7H2,1H3,(H,15,19). The van der Waals surface area contributed by atoms with E-state index in [-0.39, 0.29) is 11.9 Å². The summed E-state index contributed by atoms with van der Waals surface area (Å²) in [5.74, 6) is -0.0376. The third-order valence-corrected chi connectivity index (χ3v) is 4.48.